The minimum atomic E-state index is -2.65. The van der Waals surface area contributed by atoms with Crippen LogP contribution in [0.2, 0.25) is 0 Å². The second kappa shape index (κ2) is 6.27. The van der Waals surface area contributed by atoms with Gasteiger partial charge in [-0.3, -0.25) is 14.3 Å². The third-order valence-electron chi connectivity index (χ3n) is 3.55. The molecule has 1 saturated heterocycles. The number of nitrogens with zero attached hydrogens (tertiary/aromatic N) is 3. The zero-order valence-electron chi connectivity index (χ0n) is 11.1. The van der Waals surface area contributed by atoms with Crippen LogP contribution in [0.3, 0.4) is 0 Å². The van der Waals surface area contributed by atoms with E-state index in [1.54, 1.807) is 0 Å². The Hall–Kier alpha value is -1.54. The second-order valence-electron chi connectivity index (χ2n) is 4.64. The molecule has 1 aromatic rings. The van der Waals surface area contributed by atoms with E-state index in [4.69, 9.17) is 9.84 Å². The van der Waals surface area contributed by atoms with Crippen LogP contribution >= 0.6 is 0 Å². The molecule has 20 heavy (non-hydrogen) atoms. The molecule has 2 heterocycles. The highest BCUT2D eigenvalue weighted by Gasteiger charge is 2.37. The number of alkyl halides is 2. The SMILES string of the molecule is CCN(Cc1nccn1C(F)F)C1COCC1C(=O)O. The predicted molar refractivity (Wildman–Crippen MR) is 65.3 cm³/mol. The monoisotopic (exact) mass is 289 g/mol. The van der Waals surface area contributed by atoms with Gasteiger partial charge in [0.2, 0.25) is 0 Å². The number of imidazole rings is 1. The lowest BCUT2D eigenvalue weighted by Gasteiger charge is -2.28. The Morgan fingerprint density at radius 1 is 1.65 bits per heavy atom. The molecule has 1 aliphatic rings. The lowest BCUT2D eigenvalue weighted by molar-refractivity contribution is -0.143. The molecular formula is C12H17F2N3O3. The Labute approximate surface area is 115 Å². The van der Waals surface area contributed by atoms with Crippen LogP contribution < -0.4 is 0 Å². The minimum absolute atomic E-state index is 0.153. The third kappa shape index (κ3) is 2.96. The van der Waals surface area contributed by atoms with Gasteiger partial charge in [0, 0.05) is 18.4 Å². The van der Waals surface area contributed by atoms with Crippen molar-refractivity contribution in [1.82, 2.24) is 14.5 Å². The van der Waals surface area contributed by atoms with Gasteiger partial charge >= 0.3 is 12.5 Å². The van der Waals surface area contributed by atoms with Crippen LogP contribution in [0.1, 0.15) is 19.3 Å². The van der Waals surface area contributed by atoms with Crippen molar-refractivity contribution in [3.63, 3.8) is 0 Å². The number of ether oxygens (including phenoxy) is 1. The summed E-state index contributed by atoms with van der Waals surface area (Å²) in [6.45, 7) is 0.355. The van der Waals surface area contributed by atoms with Crippen molar-refractivity contribution in [2.75, 3.05) is 19.8 Å². The number of carboxylic acids is 1. The number of hydrogen-bond acceptors (Lipinski definition) is 4. The van der Waals surface area contributed by atoms with E-state index in [0.717, 1.165) is 4.57 Å². The fraction of sp³-hybridized carbons (Fsp3) is 0.667. The van der Waals surface area contributed by atoms with Crippen molar-refractivity contribution in [1.29, 1.82) is 0 Å². The summed E-state index contributed by atoms with van der Waals surface area (Å²) < 4.78 is 31.6. The molecule has 112 valence electrons. The highest BCUT2D eigenvalue weighted by molar-refractivity contribution is 5.71. The summed E-state index contributed by atoms with van der Waals surface area (Å²) in [5.41, 5.74) is 0. The van der Waals surface area contributed by atoms with E-state index < -0.39 is 18.4 Å². The van der Waals surface area contributed by atoms with Crippen LogP contribution in [0.15, 0.2) is 12.4 Å². The number of rotatable bonds is 6. The Kier molecular flexibility index (Phi) is 4.66. The fourth-order valence-electron chi connectivity index (χ4n) is 2.43. The number of carboxylic acid groups (broad SMARTS) is 1. The standard InChI is InChI=1S/C12H17F2N3O3/c1-2-16(9-7-20-6-8(9)11(18)19)5-10-15-3-4-17(10)12(13)14/h3-4,8-9,12H,2,5-7H2,1H3,(H,18,19). The number of likely N-dealkylation sites (N-methyl/N-ethyl adjacent to an activating group) is 1. The molecule has 1 aromatic heterocycles. The fourth-order valence-corrected chi connectivity index (χ4v) is 2.43. The van der Waals surface area contributed by atoms with Gasteiger partial charge in [0.15, 0.2) is 0 Å². The van der Waals surface area contributed by atoms with E-state index in [9.17, 15) is 13.6 Å². The summed E-state index contributed by atoms with van der Waals surface area (Å²) in [5, 5.41) is 9.15. The highest BCUT2D eigenvalue weighted by atomic mass is 19.3. The van der Waals surface area contributed by atoms with E-state index in [-0.39, 0.29) is 25.0 Å². The average molecular weight is 289 g/mol. The first-order valence-electron chi connectivity index (χ1n) is 6.39. The smallest absolute Gasteiger partial charge is 0.319 e. The molecule has 0 spiro atoms. The predicted octanol–water partition coefficient (Wildman–Crippen LogP) is 1.20. The first-order valence-corrected chi connectivity index (χ1v) is 6.39. The van der Waals surface area contributed by atoms with Gasteiger partial charge in [0.1, 0.15) is 5.82 Å². The van der Waals surface area contributed by atoms with E-state index >= 15 is 0 Å². The molecule has 2 unspecified atom stereocenters. The van der Waals surface area contributed by atoms with Crippen molar-refractivity contribution >= 4 is 5.97 Å². The van der Waals surface area contributed by atoms with Gasteiger partial charge in [-0.05, 0) is 6.54 Å². The van der Waals surface area contributed by atoms with E-state index in [0.29, 0.717) is 13.2 Å². The molecule has 1 fully saturated rings. The molecule has 1 N–H and O–H groups in total. The molecule has 2 rings (SSSR count). The van der Waals surface area contributed by atoms with Crippen LogP contribution in [-0.4, -0.2) is 51.3 Å². The zero-order chi connectivity index (χ0) is 14.7. The Bertz CT molecular complexity index is 467. The van der Waals surface area contributed by atoms with Crippen molar-refractivity contribution < 1.29 is 23.4 Å². The van der Waals surface area contributed by atoms with Crippen molar-refractivity contribution in [3.05, 3.63) is 18.2 Å². The van der Waals surface area contributed by atoms with Crippen LogP contribution in [0, 0.1) is 5.92 Å². The van der Waals surface area contributed by atoms with E-state index in [1.807, 2.05) is 11.8 Å². The topological polar surface area (TPSA) is 67.6 Å². The number of aromatic nitrogens is 2. The highest BCUT2D eigenvalue weighted by Crippen LogP contribution is 2.22. The number of aliphatic carboxylic acids is 1. The lowest BCUT2D eigenvalue weighted by Crippen LogP contribution is -2.43. The van der Waals surface area contributed by atoms with Crippen molar-refractivity contribution in [2.24, 2.45) is 5.92 Å². The Morgan fingerprint density at radius 2 is 2.40 bits per heavy atom. The summed E-state index contributed by atoms with van der Waals surface area (Å²) in [5.74, 6) is -1.34. The summed E-state index contributed by atoms with van der Waals surface area (Å²) >= 11 is 0. The largest absolute Gasteiger partial charge is 0.481 e. The Balaban J connectivity index is 2.12. The molecule has 0 amide bonds. The molecule has 1 aliphatic heterocycles. The molecule has 8 heteroatoms. The third-order valence-corrected chi connectivity index (χ3v) is 3.55. The van der Waals surface area contributed by atoms with Gasteiger partial charge in [-0.15, -0.1) is 0 Å². The van der Waals surface area contributed by atoms with Crippen molar-refractivity contribution in [2.45, 2.75) is 26.1 Å². The first-order chi connectivity index (χ1) is 9.54. The normalized spacial score (nSPS) is 22.9. The maximum Gasteiger partial charge on any atom is 0.319 e. The van der Waals surface area contributed by atoms with Crippen molar-refractivity contribution in [3.8, 4) is 0 Å². The summed E-state index contributed by atoms with van der Waals surface area (Å²) in [4.78, 5) is 16.9. The molecule has 6 nitrogen and oxygen atoms in total. The lowest BCUT2D eigenvalue weighted by atomic mass is 10.0. The summed E-state index contributed by atoms with van der Waals surface area (Å²) in [6, 6.07) is -0.319. The Morgan fingerprint density at radius 3 is 3.00 bits per heavy atom. The minimum Gasteiger partial charge on any atom is -0.481 e. The number of halogens is 2. The maximum absolute atomic E-state index is 12.8. The maximum atomic E-state index is 12.8. The molecule has 0 bridgehead atoms. The molecule has 2 atom stereocenters. The average Bonchev–Trinajstić information content (AvgIpc) is 3.04. The first kappa shape index (κ1) is 14.9. The van der Waals surface area contributed by atoms with Crippen LogP contribution in [0.4, 0.5) is 8.78 Å². The van der Waals surface area contributed by atoms with Gasteiger partial charge in [-0.25, -0.2) is 4.98 Å². The van der Waals surface area contributed by atoms with Gasteiger partial charge in [0.25, 0.3) is 0 Å². The molecule has 0 radical (unpaired) electrons. The number of carbonyl (C=O) groups is 1. The molecule has 0 saturated carbocycles. The van der Waals surface area contributed by atoms with E-state index in [2.05, 4.69) is 4.98 Å². The second-order valence-corrected chi connectivity index (χ2v) is 4.64. The summed E-state index contributed by atoms with van der Waals surface area (Å²) in [6.07, 6.45) is 2.53. The molecular weight excluding hydrogens is 272 g/mol. The van der Waals surface area contributed by atoms with Gasteiger partial charge < -0.3 is 9.84 Å². The molecule has 0 aliphatic carbocycles. The van der Waals surface area contributed by atoms with Crippen LogP contribution in [0.5, 0.6) is 0 Å². The molecule has 0 aromatic carbocycles. The van der Waals surface area contributed by atoms with Crippen LogP contribution in [-0.2, 0) is 16.1 Å². The zero-order valence-corrected chi connectivity index (χ0v) is 11.1. The quantitative estimate of drug-likeness (QED) is 0.852. The number of hydrogen-bond donors (Lipinski definition) is 1. The van der Waals surface area contributed by atoms with Crippen LogP contribution in [0.25, 0.3) is 0 Å². The summed E-state index contributed by atoms with van der Waals surface area (Å²) in [7, 11) is 0. The van der Waals surface area contributed by atoms with Gasteiger partial charge in [0.05, 0.1) is 25.7 Å². The van der Waals surface area contributed by atoms with E-state index in [1.165, 1.54) is 12.4 Å². The van der Waals surface area contributed by atoms with Gasteiger partial charge in [-0.2, -0.15) is 8.78 Å². The van der Waals surface area contributed by atoms with Gasteiger partial charge in [-0.1, -0.05) is 6.92 Å².